The van der Waals surface area contributed by atoms with Crippen LogP contribution < -0.4 is 0 Å². The molecule has 96 valence electrons. The fraction of sp³-hybridized carbons (Fsp3) is 0.200. The molecule has 0 radical (unpaired) electrons. The first-order chi connectivity index (χ1) is 9.24. The zero-order valence-electron chi connectivity index (χ0n) is 10.3. The maximum atomic E-state index is 12.0. The molecule has 1 heterocycles. The van der Waals surface area contributed by atoms with E-state index in [1.54, 1.807) is 0 Å². The number of cyclic esters (lactones) is 1. The van der Waals surface area contributed by atoms with Gasteiger partial charge in [0.1, 0.15) is 6.61 Å². The summed E-state index contributed by atoms with van der Waals surface area (Å²) in [7, 11) is 0. The molecule has 1 saturated heterocycles. The van der Waals surface area contributed by atoms with E-state index in [4.69, 9.17) is 4.74 Å². The van der Waals surface area contributed by atoms with Crippen molar-refractivity contribution in [3.8, 4) is 0 Å². The van der Waals surface area contributed by atoms with E-state index in [9.17, 15) is 9.59 Å². The summed E-state index contributed by atoms with van der Waals surface area (Å²) in [6, 6.07) is 13.9. The Morgan fingerprint density at radius 3 is 2.68 bits per heavy atom. The van der Waals surface area contributed by atoms with Crippen LogP contribution in [0.5, 0.6) is 0 Å². The van der Waals surface area contributed by atoms with Crippen molar-refractivity contribution in [1.82, 2.24) is 4.90 Å². The summed E-state index contributed by atoms with van der Waals surface area (Å²) < 4.78 is 4.76. The van der Waals surface area contributed by atoms with Crippen molar-refractivity contribution in [2.24, 2.45) is 0 Å². The molecule has 1 fully saturated rings. The predicted octanol–water partition coefficient (Wildman–Crippen LogP) is 2.36. The van der Waals surface area contributed by atoms with Gasteiger partial charge in [0.15, 0.2) is 0 Å². The van der Waals surface area contributed by atoms with Gasteiger partial charge < -0.3 is 4.74 Å². The molecule has 0 saturated carbocycles. The molecule has 1 aliphatic rings. The van der Waals surface area contributed by atoms with Gasteiger partial charge >= 0.3 is 6.09 Å². The number of hydrogen-bond donors (Lipinski definition) is 0. The van der Waals surface area contributed by atoms with Gasteiger partial charge in [-0.15, -0.1) is 0 Å². The fourth-order valence-electron chi connectivity index (χ4n) is 2.24. The largest absolute Gasteiger partial charge is 0.447 e. The molecule has 0 bridgehead atoms. The van der Waals surface area contributed by atoms with Crippen LogP contribution in [0.4, 0.5) is 4.79 Å². The monoisotopic (exact) mass is 255 g/mol. The minimum absolute atomic E-state index is 0.210. The van der Waals surface area contributed by atoms with E-state index in [2.05, 4.69) is 0 Å². The van der Waals surface area contributed by atoms with Gasteiger partial charge in [-0.3, -0.25) is 4.79 Å². The van der Waals surface area contributed by atoms with Gasteiger partial charge in [0.2, 0.25) is 5.91 Å². The summed E-state index contributed by atoms with van der Waals surface area (Å²) >= 11 is 0. The predicted molar refractivity (Wildman–Crippen MR) is 70.7 cm³/mol. The zero-order valence-corrected chi connectivity index (χ0v) is 10.3. The Hall–Kier alpha value is -2.36. The average Bonchev–Trinajstić information content (AvgIpc) is 2.85. The van der Waals surface area contributed by atoms with Crippen molar-refractivity contribution < 1.29 is 14.3 Å². The molecule has 0 N–H and O–H groups in total. The first kappa shape index (κ1) is 11.7. The Kier molecular flexibility index (Phi) is 2.91. The Bertz CT molecular complexity index is 651. The van der Waals surface area contributed by atoms with Gasteiger partial charge in [-0.25, -0.2) is 9.69 Å². The van der Waals surface area contributed by atoms with Crippen molar-refractivity contribution in [2.45, 2.75) is 6.42 Å². The van der Waals surface area contributed by atoms with Crippen LogP contribution in [0.15, 0.2) is 42.5 Å². The maximum Gasteiger partial charge on any atom is 0.416 e. The number of amides is 2. The van der Waals surface area contributed by atoms with Gasteiger partial charge in [-0.1, -0.05) is 42.5 Å². The number of carbonyl (C=O) groups is 2. The molecular formula is C15H13NO3. The Labute approximate surface area is 110 Å². The van der Waals surface area contributed by atoms with Crippen molar-refractivity contribution in [3.63, 3.8) is 0 Å². The third kappa shape index (κ3) is 2.29. The van der Waals surface area contributed by atoms with Crippen molar-refractivity contribution in [1.29, 1.82) is 0 Å². The van der Waals surface area contributed by atoms with E-state index in [1.807, 2.05) is 42.5 Å². The number of fused-ring (bicyclic) bond motifs is 1. The zero-order chi connectivity index (χ0) is 13.2. The first-order valence-corrected chi connectivity index (χ1v) is 6.19. The Balaban J connectivity index is 1.81. The molecule has 4 heteroatoms. The second kappa shape index (κ2) is 4.72. The van der Waals surface area contributed by atoms with E-state index < -0.39 is 6.09 Å². The highest BCUT2D eigenvalue weighted by atomic mass is 16.6. The highest BCUT2D eigenvalue weighted by Crippen LogP contribution is 2.17. The lowest BCUT2D eigenvalue weighted by Crippen LogP contribution is -2.32. The van der Waals surface area contributed by atoms with Crippen LogP contribution in [-0.2, 0) is 16.0 Å². The molecule has 0 atom stereocenters. The molecular weight excluding hydrogens is 242 g/mol. The SMILES string of the molecule is O=C(Cc1ccc2ccccc2c1)N1CCOC1=O. The molecule has 3 rings (SSSR count). The number of carbonyl (C=O) groups excluding carboxylic acids is 2. The number of imide groups is 1. The van der Waals surface area contributed by atoms with Crippen LogP contribution in [0.25, 0.3) is 10.8 Å². The average molecular weight is 255 g/mol. The number of benzene rings is 2. The third-order valence-electron chi connectivity index (χ3n) is 3.23. The van der Waals surface area contributed by atoms with E-state index >= 15 is 0 Å². The van der Waals surface area contributed by atoms with E-state index in [1.165, 1.54) is 0 Å². The molecule has 0 spiro atoms. The summed E-state index contributed by atoms with van der Waals surface area (Å²) in [6.45, 7) is 0.646. The molecule has 2 aromatic rings. The van der Waals surface area contributed by atoms with Crippen molar-refractivity contribution >= 4 is 22.8 Å². The number of nitrogens with zero attached hydrogens (tertiary/aromatic N) is 1. The number of hydrogen-bond acceptors (Lipinski definition) is 3. The Morgan fingerprint density at radius 2 is 1.95 bits per heavy atom. The van der Waals surface area contributed by atoms with E-state index in [0.29, 0.717) is 13.2 Å². The summed E-state index contributed by atoms with van der Waals surface area (Å²) in [4.78, 5) is 24.4. The minimum Gasteiger partial charge on any atom is -0.447 e. The van der Waals surface area contributed by atoms with Crippen LogP contribution in [-0.4, -0.2) is 30.1 Å². The van der Waals surface area contributed by atoms with Gasteiger partial charge in [0.05, 0.1) is 13.0 Å². The fourth-order valence-corrected chi connectivity index (χ4v) is 2.24. The van der Waals surface area contributed by atoms with Crippen LogP contribution in [0, 0.1) is 0 Å². The van der Waals surface area contributed by atoms with Gasteiger partial charge in [0, 0.05) is 0 Å². The van der Waals surface area contributed by atoms with Gasteiger partial charge in [-0.05, 0) is 16.3 Å². The van der Waals surface area contributed by atoms with Crippen molar-refractivity contribution in [2.75, 3.05) is 13.2 Å². The molecule has 4 nitrogen and oxygen atoms in total. The molecule has 0 aromatic heterocycles. The second-order valence-electron chi connectivity index (χ2n) is 4.52. The topological polar surface area (TPSA) is 46.6 Å². The molecule has 19 heavy (non-hydrogen) atoms. The lowest BCUT2D eigenvalue weighted by Gasteiger charge is -2.10. The van der Waals surface area contributed by atoms with Crippen molar-refractivity contribution in [3.05, 3.63) is 48.0 Å². The van der Waals surface area contributed by atoms with Gasteiger partial charge in [0.25, 0.3) is 0 Å². The summed E-state index contributed by atoms with van der Waals surface area (Å²) in [5, 5.41) is 2.23. The van der Waals surface area contributed by atoms with E-state index in [-0.39, 0.29) is 12.3 Å². The normalized spacial score (nSPS) is 14.7. The van der Waals surface area contributed by atoms with Crippen LogP contribution in [0.2, 0.25) is 0 Å². The highest BCUT2D eigenvalue weighted by Gasteiger charge is 2.27. The molecule has 0 unspecified atom stereocenters. The second-order valence-corrected chi connectivity index (χ2v) is 4.52. The minimum atomic E-state index is -0.536. The number of ether oxygens (including phenoxy) is 1. The van der Waals surface area contributed by atoms with Crippen LogP contribution in [0.3, 0.4) is 0 Å². The quantitative estimate of drug-likeness (QED) is 0.827. The van der Waals surface area contributed by atoms with Crippen LogP contribution in [0.1, 0.15) is 5.56 Å². The molecule has 2 amide bonds. The summed E-state index contributed by atoms with van der Waals surface area (Å²) in [5.41, 5.74) is 0.906. The Morgan fingerprint density at radius 1 is 1.16 bits per heavy atom. The maximum absolute atomic E-state index is 12.0. The molecule has 2 aromatic carbocycles. The molecule has 1 aliphatic heterocycles. The van der Waals surface area contributed by atoms with Gasteiger partial charge in [-0.2, -0.15) is 0 Å². The van der Waals surface area contributed by atoms with Crippen LogP contribution >= 0.6 is 0 Å². The van der Waals surface area contributed by atoms with E-state index in [0.717, 1.165) is 21.2 Å². The smallest absolute Gasteiger partial charge is 0.416 e. The third-order valence-corrected chi connectivity index (χ3v) is 3.23. The summed E-state index contributed by atoms with van der Waals surface area (Å²) in [6.07, 6.45) is -0.314. The standard InChI is InChI=1S/C15H13NO3/c17-14(16-7-8-19-15(16)18)10-11-5-6-12-3-1-2-4-13(12)9-11/h1-6,9H,7-8,10H2. The summed E-state index contributed by atoms with van der Waals surface area (Å²) in [5.74, 6) is -0.210. The molecule has 0 aliphatic carbocycles. The number of rotatable bonds is 2. The lowest BCUT2D eigenvalue weighted by molar-refractivity contribution is -0.127. The lowest BCUT2D eigenvalue weighted by atomic mass is 10.0. The highest BCUT2D eigenvalue weighted by molar-refractivity contribution is 5.94. The first-order valence-electron chi connectivity index (χ1n) is 6.19.